The summed E-state index contributed by atoms with van der Waals surface area (Å²) in [5.41, 5.74) is 1.87. The Kier molecular flexibility index (Phi) is 2.01. The van der Waals surface area contributed by atoms with E-state index in [1.807, 2.05) is 25.4 Å². The minimum absolute atomic E-state index is 1.10. The summed E-state index contributed by atoms with van der Waals surface area (Å²) in [4.78, 5) is 4.14. The lowest BCUT2D eigenvalue weighted by molar-refractivity contribution is 1.31. The Balaban J connectivity index is 3.50. The molecule has 0 aliphatic carbocycles. The Morgan fingerprint density at radius 1 is 1.44 bits per heavy atom. The zero-order valence-electron chi connectivity index (χ0n) is 5.59. The van der Waals surface area contributed by atoms with Crippen molar-refractivity contribution in [1.82, 2.24) is 4.98 Å². The standard InChI is InChI=1S/C7H9NS/c1-3-6-7(4-2)9-5-8-6/h3-5H,1-2H3. The Bertz CT molecular complexity index is 256. The Hall–Kier alpha value is -0.630. The summed E-state index contributed by atoms with van der Waals surface area (Å²) in [5, 5.41) is 1.10. The van der Waals surface area contributed by atoms with Crippen LogP contribution < -0.4 is 9.88 Å². The van der Waals surface area contributed by atoms with Gasteiger partial charge in [-0.1, -0.05) is 12.2 Å². The van der Waals surface area contributed by atoms with Crippen LogP contribution >= 0.6 is 11.3 Å². The number of rotatable bonds is 0. The van der Waals surface area contributed by atoms with Crippen LogP contribution in [-0.4, -0.2) is 4.98 Å². The lowest BCUT2D eigenvalue weighted by atomic mass is 10.5. The molecule has 0 saturated heterocycles. The first-order chi connectivity index (χ1) is 4.38. The second kappa shape index (κ2) is 2.78. The number of thiazole rings is 1. The van der Waals surface area contributed by atoms with Gasteiger partial charge < -0.3 is 0 Å². The first-order valence-electron chi connectivity index (χ1n) is 2.90. The molecule has 1 rings (SSSR count). The minimum atomic E-state index is 1.10. The van der Waals surface area contributed by atoms with Gasteiger partial charge >= 0.3 is 0 Å². The summed E-state index contributed by atoms with van der Waals surface area (Å²) in [6, 6.07) is 0. The Labute approximate surface area is 58.4 Å². The third-order valence-corrected chi connectivity index (χ3v) is 2.07. The Morgan fingerprint density at radius 3 is 2.67 bits per heavy atom. The molecule has 0 aromatic carbocycles. The van der Waals surface area contributed by atoms with Gasteiger partial charge in [0.1, 0.15) is 0 Å². The molecule has 1 nitrogen and oxygen atoms in total. The average molecular weight is 139 g/mol. The SMILES string of the molecule is CC=c1ncsc1=CC. The van der Waals surface area contributed by atoms with Crippen molar-refractivity contribution in [1.29, 1.82) is 0 Å². The van der Waals surface area contributed by atoms with E-state index in [-0.39, 0.29) is 0 Å². The van der Waals surface area contributed by atoms with Gasteiger partial charge in [0.25, 0.3) is 0 Å². The predicted molar refractivity (Wildman–Crippen MR) is 41.6 cm³/mol. The third kappa shape index (κ3) is 1.19. The van der Waals surface area contributed by atoms with Gasteiger partial charge in [0.2, 0.25) is 0 Å². The van der Waals surface area contributed by atoms with Crippen molar-refractivity contribution >= 4 is 23.5 Å². The summed E-state index contributed by atoms with van der Waals surface area (Å²) in [6.07, 6.45) is 4.10. The smallest absolute Gasteiger partial charge is 0.0805 e. The topological polar surface area (TPSA) is 12.9 Å². The summed E-state index contributed by atoms with van der Waals surface area (Å²) in [7, 11) is 0. The van der Waals surface area contributed by atoms with Gasteiger partial charge in [-0.25, -0.2) is 4.98 Å². The second-order valence-electron chi connectivity index (χ2n) is 1.68. The molecule has 0 bridgehead atoms. The van der Waals surface area contributed by atoms with E-state index < -0.39 is 0 Å². The molecule has 0 spiro atoms. The Morgan fingerprint density at radius 2 is 2.22 bits per heavy atom. The first-order valence-corrected chi connectivity index (χ1v) is 3.78. The van der Waals surface area contributed by atoms with Crippen LogP contribution in [0.1, 0.15) is 13.8 Å². The predicted octanol–water partition coefficient (Wildman–Crippen LogP) is 0.744. The zero-order chi connectivity index (χ0) is 6.69. The van der Waals surface area contributed by atoms with Gasteiger partial charge in [0.15, 0.2) is 0 Å². The van der Waals surface area contributed by atoms with Crippen molar-refractivity contribution in [2.45, 2.75) is 13.8 Å². The number of nitrogens with zero attached hydrogens (tertiary/aromatic N) is 1. The van der Waals surface area contributed by atoms with Gasteiger partial charge in [-0.2, -0.15) is 0 Å². The van der Waals surface area contributed by atoms with Crippen LogP contribution in [0.2, 0.25) is 0 Å². The fourth-order valence-electron chi connectivity index (χ4n) is 0.697. The van der Waals surface area contributed by atoms with Crippen LogP contribution in [0.5, 0.6) is 0 Å². The number of aromatic nitrogens is 1. The molecule has 48 valence electrons. The van der Waals surface area contributed by atoms with Gasteiger partial charge in [0.05, 0.1) is 10.9 Å². The molecular formula is C7H9NS. The van der Waals surface area contributed by atoms with Gasteiger partial charge in [0, 0.05) is 4.53 Å². The quantitative estimate of drug-likeness (QED) is 0.516. The van der Waals surface area contributed by atoms with Gasteiger partial charge in [-0.3, -0.25) is 0 Å². The van der Waals surface area contributed by atoms with Gasteiger partial charge in [-0.15, -0.1) is 11.3 Å². The summed E-state index contributed by atoms with van der Waals surface area (Å²) in [6.45, 7) is 4.03. The van der Waals surface area contributed by atoms with Crippen molar-refractivity contribution in [3.05, 3.63) is 15.4 Å². The molecule has 0 N–H and O–H groups in total. The molecule has 0 aliphatic rings. The van der Waals surface area contributed by atoms with E-state index in [1.54, 1.807) is 11.3 Å². The van der Waals surface area contributed by atoms with E-state index in [0.717, 1.165) is 5.35 Å². The van der Waals surface area contributed by atoms with E-state index >= 15 is 0 Å². The van der Waals surface area contributed by atoms with Crippen LogP contribution in [0.25, 0.3) is 12.2 Å². The second-order valence-corrected chi connectivity index (χ2v) is 2.57. The third-order valence-electron chi connectivity index (χ3n) is 1.16. The first kappa shape index (κ1) is 6.49. The molecule has 0 atom stereocenters. The highest BCUT2D eigenvalue weighted by Crippen LogP contribution is 1.74. The summed E-state index contributed by atoms with van der Waals surface area (Å²) >= 11 is 1.68. The van der Waals surface area contributed by atoms with Crippen LogP contribution in [0.15, 0.2) is 5.51 Å². The van der Waals surface area contributed by atoms with Gasteiger partial charge in [-0.05, 0) is 13.8 Å². The lowest BCUT2D eigenvalue weighted by Gasteiger charge is -1.69. The molecule has 0 unspecified atom stereocenters. The maximum Gasteiger partial charge on any atom is 0.0805 e. The van der Waals surface area contributed by atoms with Crippen LogP contribution in [-0.2, 0) is 0 Å². The van der Waals surface area contributed by atoms with Crippen LogP contribution in [0.3, 0.4) is 0 Å². The maximum absolute atomic E-state index is 4.14. The molecule has 0 fully saturated rings. The average Bonchev–Trinajstić information content (AvgIpc) is 2.33. The van der Waals surface area contributed by atoms with E-state index in [1.165, 1.54) is 4.53 Å². The van der Waals surface area contributed by atoms with Crippen molar-refractivity contribution in [3.63, 3.8) is 0 Å². The fraction of sp³-hybridized carbons (Fsp3) is 0.286. The number of hydrogen-bond donors (Lipinski definition) is 0. The molecule has 1 aromatic heterocycles. The summed E-state index contributed by atoms with van der Waals surface area (Å²) in [5.74, 6) is 0. The largest absolute Gasteiger partial charge is 0.245 e. The molecule has 0 saturated carbocycles. The number of hydrogen-bond acceptors (Lipinski definition) is 2. The van der Waals surface area contributed by atoms with Crippen molar-refractivity contribution in [3.8, 4) is 0 Å². The maximum atomic E-state index is 4.14. The monoisotopic (exact) mass is 139 g/mol. The molecule has 0 radical (unpaired) electrons. The van der Waals surface area contributed by atoms with E-state index in [2.05, 4.69) is 11.1 Å². The van der Waals surface area contributed by atoms with E-state index in [9.17, 15) is 0 Å². The zero-order valence-corrected chi connectivity index (χ0v) is 6.40. The van der Waals surface area contributed by atoms with E-state index in [4.69, 9.17) is 0 Å². The lowest BCUT2D eigenvalue weighted by Crippen LogP contribution is -2.19. The van der Waals surface area contributed by atoms with Crippen LogP contribution in [0.4, 0.5) is 0 Å². The minimum Gasteiger partial charge on any atom is -0.245 e. The van der Waals surface area contributed by atoms with Crippen molar-refractivity contribution < 1.29 is 0 Å². The molecule has 2 heteroatoms. The molecule has 9 heavy (non-hydrogen) atoms. The summed E-state index contributed by atoms with van der Waals surface area (Å²) < 4.78 is 1.26. The highest BCUT2D eigenvalue weighted by Gasteiger charge is 1.81. The molecule has 0 amide bonds. The molecule has 0 aliphatic heterocycles. The molecule has 1 heterocycles. The van der Waals surface area contributed by atoms with Crippen molar-refractivity contribution in [2.24, 2.45) is 0 Å². The fourth-order valence-corrected chi connectivity index (χ4v) is 1.40. The molecular weight excluding hydrogens is 130 g/mol. The van der Waals surface area contributed by atoms with E-state index in [0.29, 0.717) is 0 Å². The van der Waals surface area contributed by atoms with Crippen molar-refractivity contribution in [2.75, 3.05) is 0 Å². The highest BCUT2D eigenvalue weighted by atomic mass is 32.1. The highest BCUT2D eigenvalue weighted by molar-refractivity contribution is 7.07. The normalized spacial score (nSPS) is 14.9. The molecule has 1 aromatic rings. The van der Waals surface area contributed by atoms with Crippen LogP contribution in [0, 0.1) is 0 Å².